The number of fused-ring (bicyclic) bond motifs is 8. The Hall–Kier alpha value is -3.12. The van der Waals surface area contributed by atoms with Crippen molar-refractivity contribution in [2.24, 2.45) is 4.99 Å². The van der Waals surface area contributed by atoms with Gasteiger partial charge < -0.3 is 14.6 Å². The van der Waals surface area contributed by atoms with E-state index < -0.39 is 5.92 Å². The summed E-state index contributed by atoms with van der Waals surface area (Å²) in [5.41, 5.74) is 4.59. The molecule has 8 nitrogen and oxygen atoms in total. The number of halogens is 4. The number of aliphatic hydroxyl groups excluding tert-OH is 1. The van der Waals surface area contributed by atoms with Gasteiger partial charge in [-0.25, -0.2) is 9.37 Å². The number of rotatable bonds is 5. The first kappa shape index (κ1) is 35.2. The quantitative estimate of drug-likeness (QED) is 0.192. The number of esters is 1. The maximum absolute atomic E-state index is 14.3. The molecule has 8 rings (SSSR count). The van der Waals surface area contributed by atoms with Gasteiger partial charge in [0.25, 0.3) is 0 Å². The Morgan fingerprint density at radius 3 is 2.43 bits per heavy atom. The topological polar surface area (TPSA) is 92.5 Å². The molecule has 248 valence electrons. The van der Waals surface area contributed by atoms with Gasteiger partial charge in [-0.1, -0.05) is 54.1 Å². The average molecular weight is 747 g/mol. The van der Waals surface area contributed by atoms with Crippen molar-refractivity contribution in [1.82, 2.24) is 14.5 Å². The molecule has 3 aromatic carbocycles. The second-order valence-electron chi connectivity index (χ2n) is 12.0. The monoisotopic (exact) mass is 744 g/mol. The molecule has 0 amide bonds. The first-order valence-electron chi connectivity index (χ1n) is 15.2. The third kappa shape index (κ3) is 6.77. The number of aromatic nitrogens is 2. The minimum Gasteiger partial charge on any atom is -0.462 e. The minimum atomic E-state index is -0.593. The lowest BCUT2D eigenvalue weighted by molar-refractivity contribution is -0.156. The number of morpholine rings is 1. The highest BCUT2D eigenvalue weighted by molar-refractivity contribution is 8.93. The second-order valence-corrected chi connectivity index (χ2v) is 12.4. The molecule has 3 fully saturated rings. The van der Waals surface area contributed by atoms with Crippen molar-refractivity contribution in [2.45, 2.75) is 62.6 Å². The van der Waals surface area contributed by atoms with E-state index in [1.807, 2.05) is 72.3 Å². The fraction of sp³-hybridized carbons (Fsp3) is 0.343. The van der Waals surface area contributed by atoms with Gasteiger partial charge >= 0.3 is 5.97 Å². The van der Waals surface area contributed by atoms with E-state index in [4.69, 9.17) is 21.1 Å². The van der Waals surface area contributed by atoms with Crippen LogP contribution in [0.25, 0.3) is 5.69 Å². The lowest BCUT2D eigenvalue weighted by atomic mass is 9.97. The van der Waals surface area contributed by atoms with Gasteiger partial charge in [-0.15, -0.1) is 29.4 Å². The van der Waals surface area contributed by atoms with Crippen LogP contribution in [0.4, 0.5) is 4.39 Å². The molecule has 5 heterocycles. The average Bonchev–Trinajstić information content (AvgIpc) is 3.74. The molecule has 4 aliphatic rings. The van der Waals surface area contributed by atoms with E-state index in [0.717, 1.165) is 41.2 Å². The van der Waals surface area contributed by atoms with E-state index in [0.29, 0.717) is 47.1 Å². The van der Waals surface area contributed by atoms with Crippen molar-refractivity contribution < 1.29 is 23.8 Å². The normalized spacial score (nSPS) is 23.9. The molecule has 3 saturated heterocycles. The Morgan fingerprint density at radius 1 is 1.06 bits per heavy atom. The van der Waals surface area contributed by atoms with Crippen molar-refractivity contribution in [1.29, 1.82) is 0 Å². The van der Waals surface area contributed by atoms with Crippen LogP contribution >= 0.6 is 41.0 Å². The van der Waals surface area contributed by atoms with Crippen molar-refractivity contribution in [3.8, 4) is 5.69 Å². The Bertz CT molecular complexity index is 1760. The maximum atomic E-state index is 14.3. The molecule has 0 spiro atoms. The largest absolute Gasteiger partial charge is 0.462 e. The van der Waals surface area contributed by atoms with Crippen LogP contribution in [0.2, 0.25) is 5.02 Å². The third-order valence-corrected chi connectivity index (χ3v) is 9.56. The van der Waals surface area contributed by atoms with E-state index >= 15 is 0 Å². The molecule has 0 radical (unpaired) electrons. The molecule has 4 aliphatic heterocycles. The molecular formula is C35H36BrCl2FN4O4. The molecule has 47 heavy (non-hydrogen) atoms. The molecule has 1 N–H and O–H groups in total. The van der Waals surface area contributed by atoms with Crippen LogP contribution in [0.3, 0.4) is 0 Å². The first-order chi connectivity index (χ1) is 21.8. The number of ether oxygens (including phenoxy) is 2. The van der Waals surface area contributed by atoms with Crippen molar-refractivity contribution in [2.75, 3.05) is 13.7 Å². The summed E-state index contributed by atoms with van der Waals surface area (Å²) in [4.78, 5) is 23.8. The number of aryl methyl sites for hydroxylation is 1. The highest BCUT2D eigenvalue weighted by atomic mass is 79.9. The molecular weight excluding hydrogens is 710 g/mol. The smallest absolute Gasteiger partial charge is 0.316 e. The number of aliphatic hydroxyl groups is 1. The van der Waals surface area contributed by atoms with Gasteiger partial charge in [0.05, 0.1) is 36.4 Å². The van der Waals surface area contributed by atoms with Crippen LogP contribution in [0.15, 0.2) is 84.0 Å². The number of carbonyl (C=O) groups excluding carboxylic acids is 1. The summed E-state index contributed by atoms with van der Waals surface area (Å²) in [6, 6.07) is 22.3. The van der Waals surface area contributed by atoms with Gasteiger partial charge in [0.1, 0.15) is 35.9 Å². The zero-order valence-corrected chi connectivity index (χ0v) is 29.1. The first-order valence-corrected chi connectivity index (χ1v) is 15.6. The number of aliphatic imine (C=N–C) groups is 1. The SMILES string of the molecule is Br.CN1[C@@H]2C[C@@H](OC(=O)[C@H](CO)c3ccccc3)C[C@H]1[C@@H]1O[C@@H]12.Cc1ncc2n1-c1ccc(Cl)cc1C(c1ccccc1F)=NC2.Cl. The lowest BCUT2D eigenvalue weighted by Crippen LogP contribution is -2.48. The maximum Gasteiger partial charge on any atom is 0.316 e. The van der Waals surface area contributed by atoms with Crippen LogP contribution in [-0.2, 0) is 20.8 Å². The van der Waals surface area contributed by atoms with Gasteiger partial charge in [0, 0.05) is 41.1 Å². The Kier molecular flexibility index (Phi) is 10.9. The van der Waals surface area contributed by atoms with Crippen LogP contribution in [0.5, 0.6) is 0 Å². The van der Waals surface area contributed by atoms with Crippen molar-refractivity contribution in [3.63, 3.8) is 0 Å². The summed E-state index contributed by atoms with van der Waals surface area (Å²) in [6.45, 7) is 2.16. The van der Waals surface area contributed by atoms with Crippen LogP contribution in [0, 0.1) is 12.7 Å². The zero-order valence-electron chi connectivity index (χ0n) is 25.8. The number of hydrogen-bond acceptors (Lipinski definition) is 7. The van der Waals surface area contributed by atoms with Crippen LogP contribution in [0.1, 0.15) is 47.0 Å². The fourth-order valence-corrected chi connectivity index (χ4v) is 7.17. The number of hydrogen-bond donors (Lipinski definition) is 1. The summed E-state index contributed by atoms with van der Waals surface area (Å²) in [5.74, 6) is -0.339. The van der Waals surface area contributed by atoms with Gasteiger partial charge in [-0.3, -0.25) is 19.3 Å². The molecule has 4 aromatic rings. The predicted molar refractivity (Wildman–Crippen MR) is 186 cm³/mol. The highest BCUT2D eigenvalue weighted by Gasteiger charge is 2.62. The summed E-state index contributed by atoms with van der Waals surface area (Å²) in [6.07, 6.45) is 4.07. The van der Waals surface area contributed by atoms with Gasteiger partial charge in [-0.05, 0) is 49.9 Å². The summed E-state index contributed by atoms with van der Waals surface area (Å²) >= 11 is 6.19. The summed E-state index contributed by atoms with van der Waals surface area (Å²) in [5, 5.41) is 10.1. The van der Waals surface area contributed by atoms with Gasteiger partial charge in [-0.2, -0.15) is 0 Å². The van der Waals surface area contributed by atoms with E-state index in [1.54, 1.807) is 12.1 Å². The Balaban J connectivity index is 0.000000177. The molecule has 0 unspecified atom stereocenters. The number of carbonyl (C=O) groups is 1. The third-order valence-electron chi connectivity index (χ3n) is 9.32. The molecule has 0 aliphatic carbocycles. The second kappa shape index (κ2) is 14.6. The number of epoxide rings is 1. The lowest BCUT2D eigenvalue weighted by Gasteiger charge is -2.38. The van der Waals surface area contributed by atoms with E-state index in [2.05, 4.69) is 21.9 Å². The van der Waals surface area contributed by atoms with Crippen LogP contribution < -0.4 is 0 Å². The van der Waals surface area contributed by atoms with E-state index in [1.165, 1.54) is 6.07 Å². The molecule has 0 saturated carbocycles. The van der Waals surface area contributed by atoms with Gasteiger partial charge in [0.2, 0.25) is 0 Å². The fourth-order valence-electron chi connectivity index (χ4n) is 7.00. The van der Waals surface area contributed by atoms with E-state index in [9.17, 15) is 14.3 Å². The number of nitrogens with zero attached hydrogens (tertiary/aromatic N) is 4. The number of likely N-dealkylation sites (N-methyl/N-ethyl adjacent to an activating group) is 1. The number of benzene rings is 3. The molecule has 12 heteroatoms. The molecule has 6 atom stereocenters. The van der Waals surface area contributed by atoms with Gasteiger partial charge in [0.15, 0.2) is 0 Å². The zero-order chi connectivity index (χ0) is 31.2. The summed E-state index contributed by atoms with van der Waals surface area (Å²) in [7, 11) is 2.13. The number of imidazole rings is 1. The Morgan fingerprint density at radius 2 is 1.74 bits per heavy atom. The minimum absolute atomic E-state index is 0. The summed E-state index contributed by atoms with van der Waals surface area (Å²) < 4.78 is 27.7. The van der Waals surface area contributed by atoms with Crippen molar-refractivity contribution in [3.05, 3.63) is 118 Å². The number of piperidine rings is 1. The standard InChI is InChI=1S/C18H13ClFN3.C17H21NO4.BrH.ClH/c1-11-21-9-13-10-22-18(14-4-2-3-5-16(14)20)15-8-12(19)6-7-17(15)23(11)13;1-18-13-7-11(8-14(18)16-15(13)22-16)21-17(20)12(9-19)10-5-3-2-4-6-10;;/h2-9H,10H2,1H3;2-6,11-16,19H,7-9H2,1H3;2*1H/t;11-,12-,13-,14+,15-,16+;;/m.1../s1. The predicted octanol–water partition coefficient (Wildman–Crippen LogP) is 6.24. The molecule has 2 bridgehead atoms. The van der Waals surface area contributed by atoms with E-state index in [-0.39, 0.29) is 53.9 Å². The Labute approximate surface area is 294 Å². The molecule has 1 aromatic heterocycles. The van der Waals surface area contributed by atoms with Crippen molar-refractivity contribution >= 4 is 52.7 Å². The highest BCUT2D eigenvalue weighted by Crippen LogP contribution is 2.48. The van der Waals surface area contributed by atoms with Crippen LogP contribution in [-0.4, -0.2) is 75.3 Å².